The highest BCUT2D eigenvalue weighted by atomic mass is 32.1. The smallest absolute Gasteiger partial charge is 0.135 e. The second-order valence-electron chi connectivity index (χ2n) is 31.6. The molecule has 0 unspecified atom stereocenters. The van der Waals surface area contributed by atoms with Gasteiger partial charge in [0.25, 0.3) is 0 Å². The minimum Gasteiger partial charge on any atom is -0.456 e. The van der Waals surface area contributed by atoms with E-state index >= 15 is 0 Å². The number of thiophene rings is 2. The summed E-state index contributed by atoms with van der Waals surface area (Å²) in [7, 11) is 0. The summed E-state index contributed by atoms with van der Waals surface area (Å²) < 4.78 is 16.0. The first-order valence-corrected chi connectivity index (χ1v) is 41.2. The van der Waals surface area contributed by atoms with Crippen LogP contribution in [0, 0.1) is 48.5 Å². The maximum absolute atomic E-state index is 5.71. The molecule has 0 atom stereocenters. The van der Waals surface area contributed by atoms with Crippen molar-refractivity contribution in [1.29, 1.82) is 0 Å². The number of aromatic nitrogens is 2. The third kappa shape index (κ3) is 14.2. The zero-order chi connectivity index (χ0) is 78.4. The van der Waals surface area contributed by atoms with Gasteiger partial charge in [-0.1, -0.05) is 316 Å². The Kier molecular flexibility index (Phi) is 20.3. The Bertz CT molecular complexity index is 7000. The van der Waals surface area contributed by atoms with Crippen LogP contribution in [0.1, 0.15) is 88.9 Å². The Hall–Kier alpha value is -12.6. The van der Waals surface area contributed by atoms with Crippen LogP contribution in [0.4, 0.5) is 0 Å². The molecule has 114 heavy (non-hydrogen) atoms. The van der Waals surface area contributed by atoms with Crippen LogP contribution in [0.3, 0.4) is 0 Å². The zero-order valence-corrected chi connectivity index (χ0v) is 68.3. The van der Waals surface area contributed by atoms with Crippen LogP contribution in [-0.2, 0) is 10.8 Å². The fourth-order valence-electron chi connectivity index (χ4n) is 17.1. The minimum atomic E-state index is 0.151. The number of para-hydroxylation sites is 5. The highest BCUT2D eigenvalue weighted by Gasteiger charge is 2.36. The van der Waals surface area contributed by atoms with Crippen LogP contribution >= 0.6 is 22.7 Å². The molecule has 0 N–H and O–H groups in total. The van der Waals surface area contributed by atoms with Crippen molar-refractivity contribution in [3.8, 4) is 33.6 Å². The van der Waals surface area contributed by atoms with Crippen LogP contribution in [0.25, 0.3) is 140 Å². The third-order valence-electron chi connectivity index (χ3n) is 22.8. The molecular weight excluding hydrogens is 1420 g/mol. The molecular formula is C109H92N2OS2. The van der Waals surface area contributed by atoms with Gasteiger partial charge in [0.15, 0.2) is 0 Å². The predicted molar refractivity (Wildman–Crippen MR) is 495 cm³/mol. The number of fused-ring (bicyclic) bond motifs is 21. The molecule has 556 valence electrons. The van der Waals surface area contributed by atoms with Gasteiger partial charge in [-0.25, -0.2) is 0 Å². The quantitative estimate of drug-likeness (QED) is 0.169. The molecule has 5 heterocycles. The van der Waals surface area contributed by atoms with Crippen molar-refractivity contribution in [1.82, 2.24) is 9.13 Å². The van der Waals surface area contributed by atoms with Gasteiger partial charge in [0.2, 0.25) is 0 Å². The monoisotopic (exact) mass is 1510 g/mol. The number of hydrogen-bond donors (Lipinski definition) is 0. The molecule has 0 radical (unpaired) electrons. The Morgan fingerprint density at radius 3 is 1.31 bits per heavy atom. The lowest BCUT2D eigenvalue weighted by Gasteiger charge is -2.21. The zero-order valence-electron chi connectivity index (χ0n) is 66.7. The predicted octanol–water partition coefficient (Wildman–Crippen LogP) is 31.4. The van der Waals surface area contributed by atoms with E-state index < -0.39 is 0 Å². The molecule has 0 bridgehead atoms. The van der Waals surface area contributed by atoms with Crippen LogP contribution in [0.5, 0.6) is 0 Å². The van der Waals surface area contributed by atoms with Gasteiger partial charge in [-0.15, -0.1) is 22.7 Å². The first kappa shape index (κ1) is 74.1. The van der Waals surface area contributed by atoms with E-state index in [1.807, 2.05) is 46.9 Å². The molecule has 5 heteroatoms. The molecule has 5 aromatic heterocycles. The Morgan fingerprint density at radius 1 is 0.228 bits per heavy atom. The van der Waals surface area contributed by atoms with Gasteiger partial charge < -0.3 is 13.6 Å². The van der Waals surface area contributed by atoms with E-state index in [0.717, 1.165) is 11.2 Å². The van der Waals surface area contributed by atoms with Crippen molar-refractivity contribution in [2.24, 2.45) is 0 Å². The molecule has 2 aliphatic rings. The third-order valence-corrected chi connectivity index (χ3v) is 25.3. The minimum absolute atomic E-state index is 0.151. The fraction of sp³-hybridized carbons (Fsp3) is 0.119. The summed E-state index contributed by atoms with van der Waals surface area (Å²) in [6.07, 6.45) is 0. The normalized spacial score (nSPS) is 12.5. The summed E-state index contributed by atoms with van der Waals surface area (Å²) >= 11 is 3.76. The maximum atomic E-state index is 5.71. The Balaban J connectivity index is 0.0000000965. The van der Waals surface area contributed by atoms with Crippen molar-refractivity contribution in [2.45, 2.75) is 87.0 Å². The number of rotatable bonds is 2. The van der Waals surface area contributed by atoms with Crippen LogP contribution in [-0.4, -0.2) is 9.13 Å². The van der Waals surface area contributed by atoms with Gasteiger partial charge in [-0.2, -0.15) is 0 Å². The number of nitrogens with zero attached hydrogens (tertiary/aromatic N) is 2. The van der Waals surface area contributed by atoms with Gasteiger partial charge >= 0.3 is 0 Å². The average Bonchev–Trinajstić information content (AvgIpc) is 1.59. The number of benzene rings is 16. The second-order valence-corrected chi connectivity index (χ2v) is 33.7. The summed E-state index contributed by atoms with van der Waals surface area (Å²) in [5.74, 6) is 0. The van der Waals surface area contributed by atoms with E-state index in [-0.39, 0.29) is 10.8 Å². The second kappa shape index (κ2) is 31.1. The van der Waals surface area contributed by atoms with Gasteiger partial charge in [0.05, 0.1) is 22.1 Å². The molecule has 16 aromatic carbocycles. The molecule has 0 aliphatic heterocycles. The molecule has 23 rings (SSSR count). The first-order chi connectivity index (χ1) is 55.4. The fourth-order valence-corrected chi connectivity index (χ4v) is 19.4. The summed E-state index contributed by atoms with van der Waals surface area (Å²) in [4.78, 5) is 0. The van der Waals surface area contributed by atoms with Crippen molar-refractivity contribution in [2.75, 3.05) is 0 Å². The first-order valence-electron chi connectivity index (χ1n) is 39.6. The van der Waals surface area contributed by atoms with Gasteiger partial charge in [-0.05, 0) is 201 Å². The average molecular weight is 1510 g/mol. The molecule has 2 aliphatic carbocycles. The van der Waals surface area contributed by atoms with Gasteiger partial charge in [-0.3, -0.25) is 0 Å². The standard InChI is InChI=1S/2C19H15N.2C16H16.C13H10O.2C13H10S/c1-14-11-12-19-17(13-14)16-9-5-6-10-18(16)20(19)15-7-3-2-4-8-15;1-14-11-12-17-16-9-5-6-10-18(16)20(19(17)13-14)15-7-3-2-4-8-15;1-11-8-9-15-13(10-11)12-6-4-5-7-14(12)16(15,2)3;1-11-8-9-13-12-6-4-5-7-14(12)16(2,3)15(13)10-11;1-9-6-7-13-11(8-9)10-4-2-3-5-12(10)14-13;1-9-5-4-7-11-10-6-2-3-8-12(10)14-13(9)11;1-9-6-7-13-11(8-9)10-4-2-3-5-12(10)14-13/h2*2-13H,1H3;2*4-10H,1-3H3;3*2-8H,1H3. The SMILES string of the molecule is Cc1ccc2c(c1)-c1ccccc1C2(C)C.Cc1ccc2c(c1)C(C)(C)c1ccccc1-2.Cc1ccc2c(c1)c1ccccc1n2-c1ccccc1.Cc1ccc2c3ccccc3n(-c3ccccc3)c2c1.Cc1ccc2oc3ccccc3c2c1.Cc1ccc2sc3ccccc3c2c1.Cc1cccc2c1sc1ccccc12. The number of furan rings is 1. The van der Waals surface area contributed by atoms with E-state index in [1.165, 1.54) is 190 Å². The molecule has 3 nitrogen and oxygen atoms in total. The molecule has 0 spiro atoms. The van der Waals surface area contributed by atoms with Crippen LogP contribution < -0.4 is 0 Å². The van der Waals surface area contributed by atoms with Crippen LogP contribution in [0.2, 0.25) is 0 Å². The van der Waals surface area contributed by atoms with Gasteiger partial charge in [0.1, 0.15) is 11.2 Å². The van der Waals surface area contributed by atoms with Crippen molar-refractivity contribution in [3.05, 3.63) is 419 Å². The largest absolute Gasteiger partial charge is 0.456 e. The summed E-state index contributed by atoms with van der Waals surface area (Å²) in [6, 6.07) is 128. The van der Waals surface area contributed by atoms with Crippen LogP contribution in [0.15, 0.2) is 362 Å². The lowest BCUT2D eigenvalue weighted by Crippen LogP contribution is -2.14. The number of hydrogen-bond acceptors (Lipinski definition) is 3. The lowest BCUT2D eigenvalue weighted by molar-refractivity contribution is 0.659. The molecule has 21 aromatic rings. The molecule has 0 amide bonds. The van der Waals surface area contributed by atoms with E-state index in [2.05, 4.69) is 419 Å². The maximum Gasteiger partial charge on any atom is 0.135 e. The van der Waals surface area contributed by atoms with Crippen molar-refractivity contribution < 1.29 is 4.42 Å². The van der Waals surface area contributed by atoms with Crippen molar-refractivity contribution in [3.63, 3.8) is 0 Å². The molecule has 0 fully saturated rings. The van der Waals surface area contributed by atoms with E-state index in [0.29, 0.717) is 0 Å². The molecule has 0 saturated carbocycles. The van der Waals surface area contributed by atoms with E-state index in [1.54, 1.807) is 0 Å². The van der Waals surface area contributed by atoms with E-state index in [9.17, 15) is 0 Å². The van der Waals surface area contributed by atoms with Gasteiger partial charge in [0, 0.05) is 94.9 Å². The highest BCUT2D eigenvalue weighted by molar-refractivity contribution is 7.26. The lowest BCUT2D eigenvalue weighted by atomic mass is 9.82. The summed E-state index contributed by atoms with van der Waals surface area (Å²) in [6.45, 7) is 24.3. The number of aryl methyl sites for hydroxylation is 7. The Morgan fingerprint density at radius 2 is 0.632 bits per heavy atom. The Labute approximate surface area is 676 Å². The molecule has 0 saturated heterocycles. The topological polar surface area (TPSA) is 23.0 Å². The summed E-state index contributed by atoms with van der Waals surface area (Å²) in [5, 5.41) is 13.2. The van der Waals surface area contributed by atoms with E-state index in [4.69, 9.17) is 4.42 Å². The summed E-state index contributed by atoms with van der Waals surface area (Å²) in [5.41, 5.74) is 30.5. The highest BCUT2D eigenvalue weighted by Crippen LogP contribution is 2.50. The van der Waals surface area contributed by atoms with Crippen molar-refractivity contribution >= 4 is 129 Å².